The quantitative estimate of drug-likeness (QED) is 0.293. The van der Waals surface area contributed by atoms with E-state index in [1.165, 1.54) is 11.3 Å². The number of thiazole rings is 1. The molecule has 8 nitrogen and oxygen atoms in total. The SMILES string of the molecule is CCCOc1ccccc1[C@@H]1C(C(=O)OCCOC)=C(C)N=c2s/c(=C/c3ccc(N(C)C)cc3)c(=O)n21. The van der Waals surface area contributed by atoms with E-state index in [2.05, 4.69) is 4.99 Å². The summed E-state index contributed by atoms with van der Waals surface area (Å²) in [5.74, 6) is 0.0808. The van der Waals surface area contributed by atoms with Gasteiger partial charge in [0.1, 0.15) is 18.4 Å². The van der Waals surface area contributed by atoms with Crippen molar-refractivity contribution in [3.8, 4) is 5.75 Å². The summed E-state index contributed by atoms with van der Waals surface area (Å²) in [7, 11) is 5.51. The molecule has 0 radical (unpaired) electrons. The molecule has 38 heavy (non-hydrogen) atoms. The number of anilines is 1. The molecular weight excluding hydrogens is 502 g/mol. The summed E-state index contributed by atoms with van der Waals surface area (Å²) in [5.41, 5.74) is 3.26. The summed E-state index contributed by atoms with van der Waals surface area (Å²) in [6.07, 6.45) is 2.68. The monoisotopic (exact) mass is 535 g/mol. The highest BCUT2D eigenvalue weighted by Crippen LogP contribution is 2.35. The maximum Gasteiger partial charge on any atom is 0.338 e. The standard InChI is InChI=1S/C29H33N3O5S/c1-6-15-36-23-10-8-7-9-22(23)26-25(28(34)37-17-16-35-5)19(2)30-29-32(26)27(33)24(38-29)18-20-11-13-21(14-12-20)31(3)4/h7-14,18,26H,6,15-17H2,1-5H3/b24-18+/t26-/m1/s1. The topological polar surface area (TPSA) is 82.4 Å². The summed E-state index contributed by atoms with van der Waals surface area (Å²) in [4.78, 5) is 34.4. The van der Waals surface area contributed by atoms with E-state index in [1.54, 1.807) is 18.6 Å². The molecule has 1 aliphatic rings. The lowest BCUT2D eigenvalue weighted by molar-refractivity contribution is -0.140. The van der Waals surface area contributed by atoms with E-state index in [1.807, 2.05) is 80.5 Å². The lowest BCUT2D eigenvalue weighted by atomic mass is 9.95. The summed E-state index contributed by atoms with van der Waals surface area (Å²) < 4.78 is 18.7. The number of carbonyl (C=O) groups excluding carboxylic acids is 1. The molecule has 0 saturated carbocycles. The zero-order valence-corrected chi connectivity index (χ0v) is 23.2. The van der Waals surface area contributed by atoms with Crippen molar-refractivity contribution in [3.63, 3.8) is 0 Å². The van der Waals surface area contributed by atoms with Crippen LogP contribution in [0.4, 0.5) is 5.69 Å². The molecule has 1 aliphatic heterocycles. The number of nitrogens with zero attached hydrogens (tertiary/aromatic N) is 3. The predicted octanol–water partition coefficient (Wildman–Crippen LogP) is 3.28. The second kappa shape index (κ2) is 12.2. The molecule has 0 amide bonds. The smallest absolute Gasteiger partial charge is 0.338 e. The van der Waals surface area contributed by atoms with Crippen LogP contribution >= 0.6 is 11.3 Å². The Balaban J connectivity index is 1.88. The van der Waals surface area contributed by atoms with Crippen LogP contribution < -0.4 is 24.5 Å². The highest BCUT2D eigenvalue weighted by Gasteiger charge is 2.35. The Morgan fingerprint density at radius 3 is 2.53 bits per heavy atom. The number of esters is 1. The minimum atomic E-state index is -0.743. The third-order valence-electron chi connectivity index (χ3n) is 6.14. The van der Waals surface area contributed by atoms with Gasteiger partial charge in [0.15, 0.2) is 4.80 Å². The van der Waals surface area contributed by atoms with Crippen molar-refractivity contribution < 1.29 is 19.0 Å². The minimum absolute atomic E-state index is 0.0974. The molecule has 0 spiro atoms. The highest BCUT2D eigenvalue weighted by molar-refractivity contribution is 7.07. The Hall–Kier alpha value is -3.69. The van der Waals surface area contributed by atoms with Crippen LogP contribution in [0.5, 0.6) is 5.75 Å². The van der Waals surface area contributed by atoms with Crippen molar-refractivity contribution in [3.05, 3.63) is 90.6 Å². The Bertz CT molecular complexity index is 1500. The number of methoxy groups -OCH3 is 1. The van der Waals surface area contributed by atoms with Crippen LogP contribution in [0.15, 0.2) is 69.6 Å². The Kier molecular flexibility index (Phi) is 8.81. The number of fused-ring (bicyclic) bond motifs is 1. The first-order valence-electron chi connectivity index (χ1n) is 12.5. The minimum Gasteiger partial charge on any atom is -0.493 e. The molecular formula is C29H33N3O5S. The predicted molar refractivity (Wildman–Crippen MR) is 150 cm³/mol. The van der Waals surface area contributed by atoms with Gasteiger partial charge in [-0.25, -0.2) is 9.79 Å². The normalized spacial score (nSPS) is 15.2. The van der Waals surface area contributed by atoms with E-state index >= 15 is 0 Å². The van der Waals surface area contributed by atoms with Gasteiger partial charge in [0.25, 0.3) is 5.56 Å². The van der Waals surface area contributed by atoms with Gasteiger partial charge in [-0.2, -0.15) is 0 Å². The average molecular weight is 536 g/mol. The van der Waals surface area contributed by atoms with Gasteiger partial charge in [-0.15, -0.1) is 0 Å². The van der Waals surface area contributed by atoms with E-state index in [0.29, 0.717) is 38.5 Å². The van der Waals surface area contributed by atoms with Crippen molar-refractivity contribution in [1.29, 1.82) is 0 Å². The number of allylic oxidation sites excluding steroid dienone is 1. The molecule has 1 atom stereocenters. The molecule has 0 saturated heterocycles. The molecule has 0 bridgehead atoms. The van der Waals surface area contributed by atoms with Gasteiger partial charge in [-0.05, 0) is 43.2 Å². The van der Waals surface area contributed by atoms with E-state index in [4.69, 9.17) is 14.2 Å². The first-order chi connectivity index (χ1) is 18.3. The number of carbonyl (C=O) groups is 1. The Labute approximate surface area is 226 Å². The molecule has 0 N–H and O–H groups in total. The number of benzene rings is 2. The van der Waals surface area contributed by atoms with Gasteiger partial charge in [0, 0.05) is 32.5 Å². The van der Waals surface area contributed by atoms with Gasteiger partial charge in [0.05, 0.1) is 29.0 Å². The van der Waals surface area contributed by atoms with Crippen molar-refractivity contribution in [1.82, 2.24) is 4.57 Å². The molecule has 3 aromatic rings. The van der Waals surface area contributed by atoms with Crippen LogP contribution in [-0.2, 0) is 14.3 Å². The first kappa shape index (κ1) is 27.3. The molecule has 2 heterocycles. The van der Waals surface area contributed by atoms with E-state index < -0.39 is 12.0 Å². The fraction of sp³-hybridized carbons (Fsp3) is 0.345. The number of rotatable bonds is 10. The van der Waals surface area contributed by atoms with Crippen LogP contribution in [0.1, 0.15) is 37.4 Å². The Morgan fingerprint density at radius 2 is 1.84 bits per heavy atom. The third kappa shape index (κ3) is 5.74. The molecule has 1 aromatic heterocycles. The lowest BCUT2D eigenvalue weighted by Crippen LogP contribution is -2.40. The van der Waals surface area contributed by atoms with Gasteiger partial charge in [0.2, 0.25) is 0 Å². The number of aromatic nitrogens is 1. The highest BCUT2D eigenvalue weighted by atomic mass is 32.1. The summed E-state index contributed by atoms with van der Waals surface area (Å²) >= 11 is 1.30. The molecule has 2 aromatic carbocycles. The van der Waals surface area contributed by atoms with Gasteiger partial charge < -0.3 is 19.1 Å². The molecule has 4 rings (SSSR count). The lowest BCUT2D eigenvalue weighted by Gasteiger charge is -2.26. The molecule has 0 unspecified atom stereocenters. The second-order valence-corrected chi connectivity index (χ2v) is 10.1. The van der Waals surface area contributed by atoms with Crippen molar-refractivity contribution in [2.24, 2.45) is 4.99 Å². The van der Waals surface area contributed by atoms with E-state index in [0.717, 1.165) is 17.7 Å². The number of hydrogen-bond donors (Lipinski definition) is 0. The van der Waals surface area contributed by atoms with Crippen molar-refractivity contribution in [2.45, 2.75) is 26.3 Å². The number of hydrogen-bond acceptors (Lipinski definition) is 8. The number of ether oxygens (including phenoxy) is 3. The second-order valence-electron chi connectivity index (χ2n) is 9.08. The fourth-order valence-corrected chi connectivity index (χ4v) is 5.29. The van der Waals surface area contributed by atoms with Gasteiger partial charge in [-0.1, -0.05) is 48.6 Å². The summed E-state index contributed by atoms with van der Waals surface area (Å²) in [5, 5.41) is 0. The largest absolute Gasteiger partial charge is 0.493 e. The zero-order chi connectivity index (χ0) is 27.2. The van der Waals surface area contributed by atoms with Crippen LogP contribution in [0.2, 0.25) is 0 Å². The fourth-order valence-electron chi connectivity index (χ4n) is 4.24. The number of para-hydroxylation sites is 1. The van der Waals surface area contributed by atoms with Gasteiger partial charge in [-0.3, -0.25) is 9.36 Å². The molecule has 0 aliphatic carbocycles. The van der Waals surface area contributed by atoms with Crippen LogP contribution in [0.25, 0.3) is 6.08 Å². The first-order valence-corrected chi connectivity index (χ1v) is 13.3. The van der Waals surface area contributed by atoms with Crippen LogP contribution in [0.3, 0.4) is 0 Å². The summed E-state index contributed by atoms with van der Waals surface area (Å²) in [6.45, 7) is 4.68. The van der Waals surface area contributed by atoms with E-state index in [9.17, 15) is 9.59 Å². The zero-order valence-electron chi connectivity index (χ0n) is 22.4. The van der Waals surface area contributed by atoms with Crippen LogP contribution in [-0.4, -0.2) is 51.6 Å². The summed E-state index contributed by atoms with van der Waals surface area (Å²) in [6, 6.07) is 14.7. The molecule has 200 valence electrons. The Morgan fingerprint density at radius 1 is 1.11 bits per heavy atom. The van der Waals surface area contributed by atoms with Crippen molar-refractivity contribution in [2.75, 3.05) is 45.9 Å². The average Bonchev–Trinajstić information content (AvgIpc) is 3.21. The third-order valence-corrected chi connectivity index (χ3v) is 7.13. The molecule has 0 fully saturated rings. The van der Waals surface area contributed by atoms with E-state index in [-0.39, 0.29) is 18.8 Å². The molecule has 9 heteroatoms. The maximum atomic E-state index is 13.9. The van der Waals surface area contributed by atoms with Gasteiger partial charge >= 0.3 is 5.97 Å². The maximum absolute atomic E-state index is 13.9. The van der Waals surface area contributed by atoms with Crippen molar-refractivity contribution >= 4 is 29.1 Å². The van der Waals surface area contributed by atoms with Crippen LogP contribution in [0, 0.1) is 0 Å².